The summed E-state index contributed by atoms with van der Waals surface area (Å²) in [7, 11) is 1.34. The van der Waals surface area contributed by atoms with Gasteiger partial charge in [0.25, 0.3) is 5.95 Å². The highest BCUT2D eigenvalue weighted by molar-refractivity contribution is 5.85. The lowest BCUT2D eigenvalue weighted by molar-refractivity contribution is -0.119. The Balaban J connectivity index is 2.00. The van der Waals surface area contributed by atoms with Crippen LogP contribution in [0.4, 0.5) is 8.78 Å². The van der Waals surface area contributed by atoms with Crippen LogP contribution in [0.3, 0.4) is 0 Å². The second-order valence-electron chi connectivity index (χ2n) is 5.31. The monoisotopic (exact) mass is 331 g/mol. The molecule has 1 aromatic carbocycles. The van der Waals surface area contributed by atoms with E-state index in [0.29, 0.717) is 17.4 Å². The lowest BCUT2D eigenvalue weighted by Gasteiger charge is -2.06. The van der Waals surface area contributed by atoms with Crippen molar-refractivity contribution >= 4 is 16.8 Å². The van der Waals surface area contributed by atoms with Gasteiger partial charge < -0.3 is 15.0 Å². The predicted molar refractivity (Wildman–Crippen MR) is 85.5 cm³/mol. The molecule has 5 nitrogen and oxygen atoms in total. The number of aromatic amines is 1. The van der Waals surface area contributed by atoms with Gasteiger partial charge in [-0.2, -0.15) is 4.39 Å². The lowest BCUT2D eigenvalue weighted by atomic mass is 10.1. The molecule has 0 aliphatic carbocycles. The highest BCUT2D eigenvalue weighted by Gasteiger charge is 2.13. The van der Waals surface area contributed by atoms with Crippen molar-refractivity contribution in [2.24, 2.45) is 0 Å². The van der Waals surface area contributed by atoms with Gasteiger partial charge in [-0.3, -0.25) is 4.79 Å². The Hall–Kier alpha value is -2.96. The maximum atomic E-state index is 14.4. The molecule has 3 aromatic rings. The van der Waals surface area contributed by atoms with Crippen molar-refractivity contribution in [3.8, 4) is 17.0 Å². The number of carbonyl (C=O) groups is 1. The average molecular weight is 331 g/mol. The van der Waals surface area contributed by atoms with E-state index in [1.165, 1.54) is 32.2 Å². The summed E-state index contributed by atoms with van der Waals surface area (Å²) in [5.41, 5.74) is 1.76. The van der Waals surface area contributed by atoms with Gasteiger partial charge in [0.05, 0.1) is 19.3 Å². The van der Waals surface area contributed by atoms with Crippen LogP contribution in [0.1, 0.15) is 12.6 Å². The summed E-state index contributed by atoms with van der Waals surface area (Å²) in [6.45, 7) is 1.74. The fourth-order valence-corrected chi connectivity index (χ4v) is 2.45. The van der Waals surface area contributed by atoms with E-state index in [2.05, 4.69) is 15.3 Å². The molecule has 0 fully saturated rings. The summed E-state index contributed by atoms with van der Waals surface area (Å²) in [6, 6.07) is 7.56. The number of methoxy groups -OCH3 is 1. The van der Waals surface area contributed by atoms with Gasteiger partial charge in [0, 0.05) is 29.1 Å². The van der Waals surface area contributed by atoms with E-state index in [0.717, 1.165) is 5.69 Å². The van der Waals surface area contributed by atoms with Gasteiger partial charge >= 0.3 is 0 Å². The molecule has 0 aliphatic rings. The normalized spacial score (nSPS) is 10.8. The molecular weight excluding hydrogens is 316 g/mol. The molecule has 2 N–H and O–H groups in total. The maximum absolute atomic E-state index is 14.4. The third-order valence-electron chi connectivity index (χ3n) is 3.60. The molecule has 0 atom stereocenters. The average Bonchev–Trinajstić information content (AvgIpc) is 2.93. The second kappa shape index (κ2) is 6.27. The molecule has 7 heteroatoms. The fourth-order valence-electron chi connectivity index (χ4n) is 2.45. The Morgan fingerprint density at radius 3 is 2.75 bits per heavy atom. The van der Waals surface area contributed by atoms with Gasteiger partial charge in [0.1, 0.15) is 5.82 Å². The number of benzene rings is 1. The van der Waals surface area contributed by atoms with Gasteiger partial charge in [0.2, 0.25) is 5.91 Å². The number of hydrogen-bond acceptors (Lipinski definition) is 3. The third-order valence-corrected chi connectivity index (χ3v) is 3.60. The Bertz CT molecular complexity index is 922. The number of H-pyrrole nitrogens is 1. The zero-order chi connectivity index (χ0) is 17.3. The molecule has 0 aliphatic heterocycles. The largest absolute Gasteiger partial charge is 0.492 e. The minimum Gasteiger partial charge on any atom is -0.492 e. The molecule has 0 saturated carbocycles. The third kappa shape index (κ3) is 3.05. The topological polar surface area (TPSA) is 67.0 Å². The number of amides is 1. The van der Waals surface area contributed by atoms with Gasteiger partial charge in [-0.15, -0.1) is 0 Å². The van der Waals surface area contributed by atoms with E-state index >= 15 is 0 Å². The van der Waals surface area contributed by atoms with E-state index in [4.69, 9.17) is 4.74 Å². The summed E-state index contributed by atoms with van der Waals surface area (Å²) in [5.74, 6) is -1.46. The van der Waals surface area contributed by atoms with Crippen LogP contribution in [0.15, 0.2) is 30.3 Å². The summed E-state index contributed by atoms with van der Waals surface area (Å²) in [4.78, 5) is 17.8. The molecular formula is C17H15F2N3O2. The first-order valence-electron chi connectivity index (χ1n) is 7.24. The van der Waals surface area contributed by atoms with Gasteiger partial charge in [-0.05, 0) is 30.3 Å². The van der Waals surface area contributed by atoms with E-state index in [1.54, 1.807) is 12.1 Å². The van der Waals surface area contributed by atoms with Crippen LogP contribution < -0.4 is 10.1 Å². The summed E-state index contributed by atoms with van der Waals surface area (Å²) in [6.07, 6.45) is 0. The Labute approximate surface area is 136 Å². The molecule has 2 aromatic heterocycles. The predicted octanol–water partition coefficient (Wildman–Crippen LogP) is 3.15. The van der Waals surface area contributed by atoms with E-state index in [9.17, 15) is 13.6 Å². The van der Waals surface area contributed by atoms with Crippen molar-refractivity contribution in [1.29, 1.82) is 0 Å². The van der Waals surface area contributed by atoms with Gasteiger partial charge in [-0.25, -0.2) is 9.37 Å². The number of nitrogens with zero attached hydrogens (tertiary/aromatic N) is 1. The smallest absolute Gasteiger partial charge is 0.255 e. The van der Waals surface area contributed by atoms with Crippen molar-refractivity contribution in [2.45, 2.75) is 13.5 Å². The minimum absolute atomic E-state index is 0.00213. The zero-order valence-electron chi connectivity index (χ0n) is 13.1. The number of halogens is 2. The molecule has 0 spiro atoms. The lowest BCUT2D eigenvalue weighted by Crippen LogP contribution is -2.18. The first-order chi connectivity index (χ1) is 11.5. The number of fused-ring (bicyclic) bond motifs is 1. The number of rotatable bonds is 4. The number of aromatic nitrogens is 2. The fraction of sp³-hybridized carbons (Fsp3) is 0.176. The van der Waals surface area contributed by atoms with Gasteiger partial charge in [0.15, 0.2) is 5.75 Å². The SMILES string of the molecule is COc1ccc(-c2cc3[nH]c(CNC(C)=O)cc3cc2F)nc1F. The molecule has 0 bridgehead atoms. The maximum Gasteiger partial charge on any atom is 0.255 e. The van der Waals surface area contributed by atoms with E-state index in [1.807, 2.05) is 0 Å². The Morgan fingerprint density at radius 1 is 1.29 bits per heavy atom. The van der Waals surface area contributed by atoms with Crippen molar-refractivity contribution in [1.82, 2.24) is 15.3 Å². The molecule has 0 saturated heterocycles. The highest BCUT2D eigenvalue weighted by Crippen LogP contribution is 2.28. The van der Waals surface area contributed by atoms with E-state index < -0.39 is 11.8 Å². The molecule has 0 radical (unpaired) electrons. The van der Waals surface area contributed by atoms with Crippen LogP contribution in [0.5, 0.6) is 5.75 Å². The van der Waals surface area contributed by atoms with Crippen molar-refractivity contribution in [3.63, 3.8) is 0 Å². The molecule has 124 valence electrons. The summed E-state index contributed by atoms with van der Waals surface area (Å²) >= 11 is 0. The number of nitrogens with one attached hydrogen (secondary N) is 2. The van der Waals surface area contributed by atoms with Crippen LogP contribution in [0.25, 0.3) is 22.2 Å². The zero-order valence-corrected chi connectivity index (χ0v) is 13.1. The Kier molecular flexibility index (Phi) is 4.16. The number of ether oxygens (including phenoxy) is 1. The van der Waals surface area contributed by atoms with Crippen molar-refractivity contribution < 1.29 is 18.3 Å². The minimum atomic E-state index is -0.799. The molecule has 0 unspecified atom stereocenters. The van der Waals surface area contributed by atoms with Crippen LogP contribution in [0, 0.1) is 11.8 Å². The van der Waals surface area contributed by atoms with E-state index in [-0.39, 0.29) is 22.9 Å². The number of pyridine rings is 1. The van der Waals surface area contributed by atoms with Crippen LogP contribution in [-0.4, -0.2) is 23.0 Å². The summed E-state index contributed by atoms with van der Waals surface area (Å²) in [5, 5.41) is 3.32. The Morgan fingerprint density at radius 2 is 2.08 bits per heavy atom. The van der Waals surface area contributed by atoms with Crippen LogP contribution in [0.2, 0.25) is 0 Å². The van der Waals surface area contributed by atoms with Crippen molar-refractivity contribution in [3.05, 3.63) is 47.8 Å². The second-order valence-corrected chi connectivity index (χ2v) is 5.31. The van der Waals surface area contributed by atoms with Crippen LogP contribution in [-0.2, 0) is 11.3 Å². The number of carbonyl (C=O) groups excluding carboxylic acids is 1. The first kappa shape index (κ1) is 15.9. The van der Waals surface area contributed by atoms with Gasteiger partial charge in [-0.1, -0.05) is 0 Å². The molecule has 2 heterocycles. The van der Waals surface area contributed by atoms with Crippen LogP contribution >= 0.6 is 0 Å². The molecule has 1 amide bonds. The summed E-state index contributed by atoms with van der Waals surface area (Å²) < 4.78 is 32.9. The quantitative estimate of drug-likeness (QED) is 0.722. The first-order valence-corrected chi connectivity index (χ1v) is 7.24. The highest BCUT2D eigenvalue weighted by atomic mass is 19.1. The van der Waals surface area contributed by atoms with Crippen molar-refractivity contribution in [2.75, 3.05) is 7.11 Å². The number of hydrogen-bond donors (Lipinski definition) is 2. The standard InChI is InChI=1S/C17H15F2N3O2/c1-9(23)20-8-11-5-10-6-13(18)12(7-15(10)21-11)14-3-4-16(24-2)17(19)22-14/h3-7,21H,8H2,1-2H3,(H,20,23). The molecule has 3 rings (SSSR count). The molecule has 24 heavy (non-hydrogen) atoms.